The Bertz CT molecular complexity index is 145. The van der Waals surface area contributed by atoms with Crippen molar-refractivity contribution < 1.29 is 0 Å². The maximum atomic E-state index is 5.97. The zero-order valence-corrected chi connectivity index (χ0v) is 9.29. The molecule has 0 saturated heterocycles. The lowest BCUT2D eigenvalue weighted by atomic mass is 9.90. The van der Waals surface area contributed by atoms with Gasteiger partial charge in [0, 0.05) is 18.6 Å². The first-order valence-electron chi connectivity index (χ1n) is 5.55. The topological polar surface area (TPSA) is 29.3 Å². The van der Waals surface area contributed by atoms with Crippen molar-refractivity contribution >= 4 is 0 Å². The third-order valence-electron chi connectivity index (χ3n) is 2.96. The van der Waals surface area contributed by atoms with Crippen LogP contribution >= 0.6 is 0 Å². The molecule has 2 unspecified atom stereocenters. The van der Waals surface area contributed by atoms with Crippen LogP contribution < -0.4 is 5.73 Å². The third-order valence-corrected chi connectivity index (χ3v) is 2.96. The molecule has 2 N–H and O–H groups in total. The first-order valence-corrected chi connectivity index (χ1v) is 5.55. The van der Waals surface area contributed by atoms with Crippen LogP contribution in [-0.2, 0) is 0 Å². The smallest absolute Gasteiger partial charge is 0.0107 e. The molecule has 0 radical (unpaired) electrons. The molecule has 0 aromatic carbocycles. The molecule has 1 rings (SSSR count). The Morgan fingerprint density at radius 2 is 2.08 bits per heavy atom. The summed E-state index contributed by atoms with van der Waals surface area (Å²) in [7, 11) is 2.24. The van der Waals surface area contributed by atoms with Crippen LogP contribution in [0.2, 0.25) is 0 Å². The Hall–Kier alpha value is -0.0800. The highest BCUT2D eigenvalue weighted by atomic mass is 15.1. The minimum absolute atomic E-state index is 0.452. The van der Waals surface area contributed by atoms with Crippen LogP contribution in [0.15, 0.2) is 0 Å². The lowest BCUT2D eigenvalue weighted by molar-refractivity contribution is 0.164. The van der Waals surface area contributed by atoms with E-state index in [2.05, 4.69) is 25.8 Å². The van der Waals surface area contributed by atoms with E-state index in [1.165, 1.54) is 32.2 Å². The number of hydrogen-bond donors (Lipinski definition) is 1. The number of nitrogens with two attached hydrogens (primary N) is 1. The van der Waals surface area contributed by atoms with Crippen LogP contribution in [0.1, 0.15) is 39.5 Å². The van der Waals surface area contributed by atoms with E-state index >= 15 is 0 Å². The Morgan fingerprint density at radius 1 is 1.38 bits per heavy atom. The van der Waals surface area contributed by atoms with Crippen molar-refractivity contribution in [3.05, 3.63) is 0 Å². The normalized spacial score (nSPS) is 30.0. The maximum Gasteiger partial charge on any atom is 0.0107 e. The molecule has 0 bridgehead atoms. The van der Waals surface area contributed by atoms with Gasteiger partial charge in [-0.3, -0.25) is 0 Å². The Morgan fingerprint density at radius 3 is 2.62 bits per heavy atom. The minimum atomic E-state index is 0.452. The summed E-state index contributed by atoms with van der Waals surface area (Å²) in [6, 6.07) is 1.19. The number of nitrogens with zero attached hydrogens (tertiary/aromatic N) is 1. The second-order valence-corrected chi connectivity index (χ2v) is 4.91. The summed E-state index contributed by atoms with van der Waals surface area (Å²) < 4.78 is 0. The fourth-order valence-electron chi connectivity index (χ4n) is 2.33. The van der Waals surface area contributed by atoms with E-state index in [1.807, 2.05) is 0 Å². The van der Waals surface area contributed by atoms with Gasteiger partial charge in [-0.1, -0.05) is 20.3 Å². The zero-order valence-electron chi connectivity index (χ0n) is 9.29. The monoisotopic (exact) mass is 184 g/mol. The molecule has 2 nitrogen and oxygen atoms in total. The highest BCUT2D eigenvalue weighted by molar-refractivity contribution is 4.80. The molecule has 0 aromatic rings. The molecule has 2 heteroatoms. The first-order chi connectivity index (χ1) is 6.09. The molecule has 0 heterocycles. The highest BCUT2D eigenvalue weighted by Gasteiger charge is 2.22. The summed E-state index contributed by atoms with van der Waals surface area (Å²) in [6.07, 6.45) is 5.08. The van der Waals surface area contributed by atoms with Crippen molar-refractivity contribution in [2.45, 2.75) is 51.6 Å². The molecule has 1 saturated carbocycles. The van der Waals surface area contributed by atoms with Gasteiger partial charge in [0.25, 0.3) is 0 Å². The molecule has 1 aliphatic carbocycles. The average Bonchev–Trinajstić information content (AvgIpc) is 2.03. The van der Waals surface area contributed by atoms with Gasteiger partial charge < -0.3 is 10.6 Å². The standard InChI is InChI=1S/C11H24N2/c1-9(2)8-13(3)11-6-4-5-10(12)7-11/h9-11H,4-8,12H2,1-3H3. The van der Waals surface area contributed by atoms with E-state index in [9.17, 15) is 0 Å². The predicted molar refractivity (Wildman–Crippen MR) is 57.7 cm³/mol. The molecule has 0 spiro atoms. The van der Waals surface area contributed by atoms with Gasteiger partial charge in [-0.25, -0.2) is 0 Å². The van der Waals surface area contributed by atoms with Crippen molar-refractivity contribution in [2.24, 2.45) is 11.7 Å². The van der Waals surface area contributed by atoms with Gasteiger partial charge in [-0.05, 0) is 32.2 Å². The van der Waals surface area contributed by atoms with Crippen molar-refractivity contribution in [1.82, 2.24) is 4.90 Å². The van der Waals surface area contributed by atoms with Crippen molar-refractivity contribution in [2.75, 3.05) is 13.6 Å². The zero-order chi connectivity index (χ0) is 9.84. The molecule has 0 amide bonds. The van der Waals surface area contributed by atoms with E-state index < -0.39 is 0 Å². The predicted octanol–water partition coefficient (Wildman–Crippen LogP) is 1.84. The molecular formula is C11H24N2. The van der Waals surface area contributed by atoms with Gasteiger partial charge in [0.05, 0.1) is 0 Å². The SMILES string of the molecule is CC(C)CN(C)C1CCCC(N)C1. The largest absolute Gasteiger partial charge is 0.328 e. The van der Waals surface area contributed by atoms with Crippen LogP contribution in [0.4, 0.5) is 0 Å². The van der Waals surface area contributed by atoms with Crippen LogP contribution in [-0.4, -0.2) is 30.6 Å². The summed E-state index contributed by atoms with van der Waals surface area (Å²) in [6.45, 7) is 5.76. The van der Waals surface area contributed by atoms with Crippen LogP contribution in [0.25, 0.3) is 0 Å². The second kappa shape index (κ2) is 4.97. The van der Waals surface area contributed by atoms with Gasteiger partial charge in [0.1, 0.15) is 0 Å². The molecule has 0 aromatic heterocycles. The fraction of sp³-hybridized carbons (Fsp3) is 1.00. The quantitative estimate of drug-likeness (QED) is 0.725. The Balaban J connectivity index is 2.32. The van der Waals surface area contributed by atoms with E-state index in [1.54, 1.807) is 0 Å². The molecule has 1 aliphatic rings. The summed E-state index contributed by atoms with van der Waals surface area (Å²) in [4.78, 5) is 2.49. The van der Waals surface area contributed by atoms with Crippen LogP contribution in [0, 0.1) is 5.92 Å². The molecule has 78 valence electrons. The van der Waals surface area contributed by atoms with E-state index in [0.717, 1.165) is 12.0 Å². The molecule has 13 heavy (non-hydrogen) atoms. The molecular weight excluding hydrogens is 160 g/mol. The van der Waals surface area contributed by atoms with Crippen LogP contribution in [0.5, 0.6) is 0 Å². The number of hydrogen-bond acceptors (Lipinski definition) is 2. The summed E-state index contributed by atoms with van der Waals surface area (Å²) in [5, 5.41) is 0. The highest BCUT2D eigenvalue weighted by Crippen LogP contribution is 2.21. The summed E-state index contributed by atoms with van der Waals surface area (Å²) in [5.74, 6) is 0.767. The van der Waals surface area contributed by atoms with Gasteiger partial charge in [0.2, 0.25) is 0 Å². The Kier molecular flexibility index (Phi) is 4.20. The maximum absolute atomic E-state index is 5.97. The van der Waals surface area contributed by atoms with Crippen molar-refractivity contribution in [3.8, 4) is 0 Å². The Labute approximate surface area is 82.5 Å². The average molecular weight is 184 g/mol. The lowest BCUT2D eigenvalue weighted by Crippen LogP contribution is -2.41. The van der Waals surface area contributed by atoms with E-state index in [0.29, 0.717) is 6.04 Å². The first kappa shape index (κ1) is 11.0. The van der Waals surface area contributed by atoms with E-state index in [-0.39, 0.29) is 0 Å². The van der Waals surface area contributed by atoms with Crippen LogP contribution in [0.3, 0.4) is 0 Å². The number of rotatable bonds is 3. The van der Waals surface area contributed by atoms with Gasteiger partial charge >= 0.3 is 0 Å². The second-order valence-electron chi connectivity index (χ2n) is 4.91. The molecule has 0 aliphatic heterocycles. The third kappa shape index (κ3) is 3.65. The van der Waals surface area contributed by atoms with Gasteiger partial charge in [0.15, 0.2) is 0 Å². The molecule has 1 fully saturated rings. The fourth-order valence-corrected chi connectivity index (χ4v) is 2.33. The van der Waals surface area contributed by atoms with Gasteiger partial charge in [-0.15, -0.1) is 0 Å². The van der Waals surface area contributed by atoms with Crippen molar-refractivity contribution in [3.63, 3.8) is 0 Å². The lowest BCUT2D eigenvalue weighted by Gasteiger charge is -2.34. The summed E-state index contributed by atoms with van der Waals surface area (Å²) in [5.41, 5.74) is 5.97. The van der Waals surface area contributed by atoms with E-state index in [4.69, 9.17) is 5.73 Å². The molecule has 2 atom stereocenters. The summed E-state index contributed by atoms with van der Waals surface area (Å²) >= 11 is 0. The van der Waals surface area contributed by atoms with Gasteiger partial charge in [-0.2, -0.15) is 0 Å². The van der Waals surface area contributed by atoms with Crippen molar-refractivity contribution in [1.29, 1.82) is 0 Å². The minimum Gasteiger partial charge on any atom is -0.328 e.